The van der Waals surface area contributed by atoms with Crippen molar-refractivity contribution in [1.29, 1.82) is 0 Å². The van der Waals surface area contributed by atoms with Crippen molar-refractivity contribution < 1.29 is 34.1 Å². The molecule has 1 aromatic heterocycles. The number of nitrogens with zero attached hydrogens (tertiary/aromatic N) is 1. The van der Waals surface area contributed by atoms with E-state index < -0.39 is 23.9 Å². The van der Waals surface area contributed by atoms with Gasteiger partial charge in [0.05, 0.1) is 24.5 Å². The first kappa shape index (κ1) is 26.9. The molecule has 8 nitrogen and oxygen atoms in total. The van der Waals surface area contributed by atoms with Crippen molar-refractivity contribution in [2.24, 2.45) is 17.8 Å². The fourth-order valence-electron chi connectivity index (χ4n) is 5.52. The summed E-state index contributed by atoms with van der Waals surface area (Å²) >= 11 is 0. The van der Waals surface area contributed by atoms with E-state index in [0.29, 0.717) is 42.1 Å². The first-order valence-electron chi connectivity index (χ1n) is 12.8. The van der Waals surface area contributed by atoms with Gasteiger partial charge in [0.2, 0.25) is 11.8 Å². The highest BCUT2D eigenvalue weighted by Crippen LogP contribution is 2.46. The van der Waals surface area contributed by atoms with E-state index in [0.717, 1.165) is 22.5 Å². The van der Waals surface area contributed by atoms with E-state index in [1.165, 1.54) is 7.05 Å². The number of benzene rings is 1. The third kappa shape index (κ3) is 5.71. The minimum atomic E-state index is -0.916. The number of aliphatic hydroxyl groups excluding tert-OH is 3. The van der Waals surface area contributed by atoms with Crippen LogP contribution in [0.25, 0.3) is 6.08 Å². The number of carbonyl (C=O) groups excluding carboxylic acids is 2. The first-order valence-corrected chi connectivity index (χ1v) is 12.8. The average molecular weight is 510 g/mol. The lowest BCUT2D eigenvalue weighted by Gasteiger charge is -2.36. The number of ether oxygens (including phenoxy) is 1. The molecule has 3 N–H and O–H groups in total. The summed E-state index contributed by atoms with van der Waals surface area (Å²) in [5, 5.41) is 31.0. The Morgan fingerprint density at radius 3 is 2.57 bits per heavy atom. The van der Waals surface area contributed by atoms with Crippen molar-refractivity contribution in [3.63, 3.8) is 0 Å². The number of amides is 2. The summed E-state index contributed by atoms with van der Waals surface area (Å²) in [6.45, 7) is 1.67. The van der Waals surface area contributed by atoms with Crippen LogP contribution in [0.15, 0.2) is 63.6 Å². The molecule has 4 atom stereocenters. The fourth-order valence-corrected chi connectivity index (χ4v) is 5.52. The minimum absolute atomic E-state index is 0.161. The van der Waals surface area contributed by atoms with Crippen LogP contribution in [0.1, 0.15) is 44.1 Å². The third-order valence-corrected chi connectivity index (χ3v) is 7.49. The summed E-state index contributed by atoms with van der Waals surface area (Å²) in [5.74, 6) is -0.689. The number of para-hydroxylation sites is 1. The lowest BCUT2D eigenvalue weighted by atomic mass is 9.68. The van der Waals surface area contributed by atoms with E-state index in [9.17, 15) is 24.9 Å². The highest BCUT2D eigenvalue weighted by molar-refractivity contribution is 6.05. The molecule has 0 radical (unpaired) electrons. The van der Waals surface area contributed by atoms with E-state index in [1.807, 2.05) is 43.3 Å². The molecule has 0 spiro atoms. The number of fused-ring (bicyclic) bond motifs is 1. The molecule has 1 fully saturated rings. The summed E-state index contributed by atoms with van der Waals surface area (Å²) in [5.41, 5.74) is 2.42. The van der Waals surface area contributed by atoms with E-state index >= 15 is 0 Å². The average Bonchev–Trinajstić information content (AvgIpc) is 3.47. The maximum Gasteiger partial charge on any atom is 0.233 e. The van der Waals surface area contributed by atoms with Gasteiger partial charge in [0.1, 0.15) is 30.5 Å². The maximum absolute atomic E-state index is 12.9. The molecule has 2 aliphatic rings. The second-order valence-electron chi connectivity index (χ2n) is 9.69. The molecule has 0 unspecified atom stereocenters. The predicted molar refractivity (Wildman–Crippen MR) is 137 cm³/mol. The van der Waals surface area contributed by atoms with E-state index in [-0.39, 0.29) is 31.6 Å². The van der Waals surface area contributed by atoms with Gasteiger partial charge in [0, 0.05) is 13.0 Å². The van der Waals surface area contributed by atoms with Gasteiger partial charge in [-0.2, -0.15) is 0 Å². The molecule has 4 rings (SSSR count). The van der Waals surface area contributed by atoms with Gasteiger partial charge in [-0.25, -0.2) is 0 Å². The molecule has 1 aliphatic carbocycles. The third-order valence-electron chi connectivity index (χ3n) is 7.49. The summed E-state index contributed by atoms with van der Waals surface area (Å²) in [7, 11) is 1.48. The summed E-state index contributed by atoms with van der Waals surface area (Å²) < 4.78 is 11.6. The summed E-state index contributed by atoms with van der Waals surface area (Å²) in [4.78, 5) is 26.9. The van der Waals surface area contributed by atoms with Crippen molar-refractivity contribution in [2.75, 3.05) is 20.3 Å². The number of rotatable bonds is 11. The zero-order chi connectivity index (χ0) is 26.5. The molecule has 0 saturated carbocycles. The maximum atomic E-state index is 12.9. The van der Waals surface area contributed by atoms with Crippen LogP contribution in [0.4, 0.5) is 0 Å². The molecule has 198 valence electrons. The van der Waals surface area contributed by atoms with Crippen LogP contribution in [0.3, 0.4) is 0 Å². The molecular weight excluding hydrogens is 474 g/mol. The number of imide groups is 1. The topological polar surface area (TPSA) is 120 Å². The monoisotopic (exact) mass is 509 g/mol. The van der Waals surface area contributed by atoms with Crippen LogP contribution < -0.4 is 4.74 Å². The molecule has 1 aromatic carbocycles. The Kier molecular flexibility index (Phi) is 8.63. The number of carbonyl (C=O) groups is 2. The van der Waals surface area contributed by atoms with Gasteiger partial charge < -0.3 is 24.5 Å². The lowest BCUT2D eigenvalue weighted by Crippen LogP contribution is -2.39. The van der Waals surface area contributed by atoms with Gasteiger partial charge in [-0.05, 0) is 67.2 Å². The lowest BCUT2D eigenvalue weighted by molar-refractivity contribution is -0.138. The van der Waals surface area contributed by atoms with Crippen molar-refractivity contribution in [2.45, 2.75) is 45.3 Å². The van der Waals surface area contributed by atoms with Crippen LogP contribution in [0, 0.1) is 17.8 Å². The van der Waals surface area contributed by atoms with Crippen molar-refractivity contribution in [1.82, 2.24) is 4.90 Å². The van der Waals surface area contributed by atoms with E-state index in [1.54, 1.807) is 12.1 Å². The van der Waals surface area contributed by atoms with Crippen LogP contribution in [0.5, 0.6) is 5.75 Å². The van der Waals surface area contributed by atoms with Crippen molar-refractivity contribution in [3.05, 3.63) is 70.7 Å². The number of hydrogen-bond donors (Lipinski definition) is 3. The van der Waals surface area contributed by atoms with E-state index in [2.05, 4.69) is 0 Å². The molecule has 1 saturated heterocycles. The van der Waals surface area contributed by atoms with Crippen molar-refractivity contribution in [3.8, 4) is 5.75 Å². The molecule has 2 aromatic rings. The number of furan rings is 1. The SMILES string of the molecule is CC/C(=C\c1ccc(CO)o1)CC[C@@H](O)C1=C(COc2ccccc2)C[C@H]2C(=O)N(C)C(=O)[C@H]2[C@H]1CO. The zero-order valence-electron chi connectivity index (χ0n) is 21.3. The zero-order valence-corrected chi connectivity index (χ0v) is 21.3. The van der Waals surface area contributed by atoms with Gasteiger partial charge in [-0.15, -0.1) is 0 Å². The molecule has 8 heteroatoms. The smallest absolute Gasteiger partial charge is 0.233 e. The largest absolute Gasteiger partial charge is 0.489 e. The predicted octanol–water partition coefficient (Wildman–Crippen LogP) is 3.33. The molecule has 1 aliphatic heterocycles. The number of aliphatic hydroxyl groups is 3. The number of likely N-dealkylation sites (tertiary alicyclic amines) is 1. The molecule has 2 heterocycles. The van der Waals surface area contributed by atoms with Crippen LogP contribution in [0.2, 0.25) is 0 Å². The van der Waals surface area contributed by atoms with Gasteiger partial charge in [0.15, 0.2) is 0 Å². The van der Waals surface area contributed by atoms with Gasteiger partial charge >= 0.3 is 0 Å². The molecular formula is C29H35NO7. The molecule has 0 bridgehead atoms. The Hall–Kier alpha value is -3.20. The summed E-state index contributed by atoms with van der Waals surface area (Å²) in [6.07, 6.45) is 3.00. The second-order valence-corrected chi connectivity index (χ2v) is 9.69. The molecule has 2 amide bonds. The highest BCUT2D eigenvalue weighted by Gasteiger charge is 2.53. The summed E-state index contributed by atoms with van der Waals surface area (Å²) in [6, 6.07) is 12.8. The fraction of sp³-hybridized carbons (Fsp3) is 0.448. The second kappa shape index (κ2) is 11.9. The number of hydrogen-bond acceptors (Lipinski definition) is 7. The Morgan fingerprint density at radius 1 is 1.16 bits per heavy atom. The molecule has 37 heavy (non-hydrogen) atoms. The Bertz CT molecular complexity index is 1170. The van der Waals surface area contributed by atoms with Gasteiger partial charge in [0.25, 0.3) is 0 Å². The van der Waals surface area contributed by atoms with Crippen LogP contribution in [-0.4, -0.2) is 58.4 Å². The van der Waals surface area contributed by atoms with Crippen LogP contribution >= 0.6 is 0 Å². The Labute approximate surface area is 216 Å². The Morgan fingerprint density at radius 2 is 1.92 bits per heavy atom. The quantitative estimate of drug-likeness (QED) is 0.314. The Balaban J connectivity index is 1.59. The first-order chi connectivity index (χ1) is 17.9. The minimum Gasteiger partial charge on any atom is -0.489 e. The van der Waals surface area contributed by atoms with E-state index in [4.69, 9.17) is 9.15 Å². The van der Waals surface area contributed by atoms with Gasteiger partial charge in [-0.1, -0.05) is 30.7 Å². The number of allylic oxidation sites excluding steroid dienone is 1. The highest BCUT2D eigenvalue weighted by atomic mass is 16.5. The van der Waals surface area contributed by atoms with Gasteiger partial charge in [-0.3, -0.25) is 14.5 Å². The van der Waals surface area contributed by atoms with Crippen LogP contribution in [-0.2, 0) is 16.2 Å². The standard InChI is InChI=1S/C29H35NO7/c1-3-18(13-21-10-11-22(15-31)37-21)9-12-25(33)26-19(17-36-20-7-5-4-6-8-20)14-23-27(24(26)16-32)29(35)30(2)28(23)34/h4-8,10-11,13,23-25,27,31-33H,3,9,12,14-17H2,1-2H3/b18-13+/t23-,24+,25-,27-/m1/s1. The normalized spacial score (nSPS) is 23.0. The van der Waals surface area contributed by atoms with Crippen molar-refractivity contribution >= 4 is 17.9 Å².